The average Bonchev–Trinajstić information content (AvgIpc) is 3.38. The second-order valence-corrected chi connectivity index (χ2v) is 7.29. The summed E-state index contributed by atoms with van der Waals surface area (Å²) in [7, 11) is -3.61. The van der Waals surface area contributed by atoms with Gasteiger partial charge in [0, 0.05) is 18.2 Å². The largest absolute Gasteiger partial charge is 0.395 e. The first-order valence-corrected chi connectivity index (χ1v) is 8.86. The van der Waals surface area contributed by atoms with Crippen LogP contribution in [-0.2, 0) is 10.0 Å². The first kappa shape index (κ1) is 15.2. The van der Waals surface area contributed by atoms with Crippen molar-refractivity contribution < 1.29 is 13.5 Å². The Morgan fingerprint density at radius 2 is 1.64 bits per heavy atom. The number of aliphatic hydroxyl groups excluding tert-OH is 1. The minimum atomic E-state index is -3.61. The van der Waals surface area contributed by atoms with Gasteiger partial charge in [-0.25, -0.2) is 8.42 Å². The fourth-order valence-corrected chi connectivity index (χ4v) is 4.53. The molecule has 22 heavy (non-hydrogen) atoms. The summed E-state index contributed by atoms with van der Waals surface area (Å²) in [6, 6.07) is 16.6. The van der Waals surface area contributed by atoms with E-state index in [0.717, 1.165) is 18.4 Å². The molecule has 0 aliphatic heterocycles. The van der Waals surface area contributed by atoms with E-state index in [0.29, 0.717) is 10.5 Å². The van der Waals surface area contributed by atoms with Gasteiger partial charge in [0.1, 0.15) is 0 Å². The van der Waals surface area contributed by atoms with Crippen LogP contribution in [0.4, 0.5) is 0 Å². The molecular weight excluding hydrogens is 298 g/mol. The van der Waals surface area contributed by atoms with Gasteiger partial charge in [-0.05, 0) is 24.5 Å². The minimum Gasteiger partial charge on any atom is -0.395 e. The Balaban J connectivity index is 2.08. The lowest BCUT2D eigenvalue weighted by molar-refractivity contribution is 0.250. The quantitative estimate of drug-likeness (QED) is 0.890. The van der Waals surface area contributed by atoms with Gasteiger partial charge < -0.3 is 5.11 Å². The molecule has 1 saturated carbocycles. The molecular formula is C17H19NO3S. The van der Waals surface area contributed by atoms with E-state index >= 15 is 0 Å². The summed E-state index contributed by atoms with van der Waals surface area (Å²) in [4.78, 5) is 0.307. The lowest BCUT2D eigenvalue weighted by atomic mass is 10.1. The smallest absolute Gasteiger partial charge is 0.244 e. The predicted molar refractivity (Wildman–Crippen MR) is 85.9 cm³/mol. The summed E-state index contributed by atoms with van der Waals surface area (Å²) in [6.45, 7) is -0.0145. The molecule has 0 heterocycles. The van der Waals surface area contributed by atoms with Crippen LogP contribution in [0, 0.1) is 0 Å². The van der Waals surface area contributed by atoms with Crippen molar-refractivity contribution in [2.75, 3.05) is 13.2 Å². The van der Waals surface area contributed by atoms with Gasteiger partial charge in [0.25, 0.3) is 0 Å². The Kier molecular flexibility index (Phi) is 4.29. The van der Waals surface area contributed by atoms with Gasteiger partial charge in [-0.3, -0.25) is 0 Å². The van der Waals surface area contributed by atoms with Crippen LogP contribution >= 0.6 is 0 Å². The number of nitrogens with zero attached hydrogens (tertiary/aromatic N) is 1. The van der Waals surface area contributed by atoms with Crippen LogP contribution in [-0.4, -0.2) is 37.0 Å². The number of hydrogen-bond donors (Lipinski definition) is 1. The van der Waals surface area contributed by atoms with Crippen LogP contribution in [0.1, 0.15) is 12.8 Å². The molecule has 1 fully saturated rings. The predicted octanol–water partition coefficient (Wildman–Crippen LogP) is 2.50. The molecule has 0 bridgehead atoms. The molecule has 1 aliphatic rings. The SMILES string of the molecule is O=S(=O)(c1ccccc1-c1ccccc1)N(CCO)C1CC1. The third kappa shape index (κ3) is 2.92. The molecule has 3 rings (SSSR count). The number of benzene rings is 2. The summed E-state index contributed by atoms with van der Waals surface area (Å²) in [5.41, 5.74) is 1.58. The third-order valence-electron chi connectivity index (χ3n) is 3.83. The van der Waals surface area contributed by atoms with Crippen LogP contribution in [0.3, 0.4) is 0 Å². The summed E-state index contributed by atoms with van der Waals surface area (Å²) in [5.74, 6) is 0. The summed E-state index contributed by atoms with van der Waals surface area (Å²) < 4.78 is 27.5. The topological polar surface area (TPSA) is 57.6 Å². The van der Waals surface area contributed by atoms with E-state index in [1.807, 2.05) is 42.5 Å². The highest BCUT2D eigenvalue weighted by Gasteiger charge is 2.38. The summed E-state index contributed by atoms with van der Waals surface area (Å²) in [5, 5.41) is 9.20. The molecule has 0 aromatic heterocycles. The maximum atomic E-state index is 13.0. The van der Waals surface area contributed by atoms with E-state index in [1.165, 1.54) is 4.31 Å². The molecule has 0 spiro atoms. The Labute approximate surface area is 131 Å². The van der Waals surface area contributed by atoms with Crippen LogP contribution < -0.4 is 0 Å². The van der Waals surface area contributed by atoms with Crippen molar-refractivity contribution in [3.05, 3.63) is 54.6 Å². The lowest BCUT2D eigenvalue weighted by Gasteiger charge is -2.22. The van der Waals surface area contributed by atoms with E-state index in [2.05, 4.69) is 0 Å². The monoisotopic (exact) mass is 317 g/mol. The average molecular weight is 317 g/mol. The fraction of sp³-hybridized carbons (Fsp3) is 0.294. The van der Waals surface area contributed by atoms with E-state index < -0.39 is 10.0 Å². The van der Waals surface area contributed by atoms with Crippen molar-refractivity contribution in [2.45, 2.75) is 23.8 Å². The molecule has 1 aliphatic carbocycles. The molecule has 0 saturated heterocycles. The molecule has 2 aromatic carbocycles. The van der Waals surface area contributed by atoms with Crippen LogP contribution in [0.25, 0.3) is 11.1 Å². The van der Waals surface area contributed by atoms with Crippen LogP contribution in [0.2, 0.25) is 0 Å². The van der Waals surface area contributed by atoms with Gasteiger partial charge in [0.2, 0.25) is 10.0 Å². The highest BCUT2D eigenvalue weighted by molar-refractivity contribution is 7.89. The first-order chi connectivity index (χ1) is 10.6. The third-order valence-corrected chi connectivity index (χ3v) is 5.84. The Morgan fingerprint density at radius 1 is 1.00 bits per heavy atom. The molecule has 1 N–H and O–H groups in total. The maximum absolute atomic E-state index is 13.0. The second kappa shape index (κ2) is 6.20. The van der Waals surface area contributed by atoms with E-state index in [9.17, 15) is 13.5 Å². The van der Waals surface area contributed by atoms with Crippen molar-refractivity contribution in [3.8, 4) is 11.1 Å². The summed E-state index contributed by atoms with van der Waals surface area (Å²) >= 11 is 0. The molecule has 0 radical (unpaired) electrons. The van der Waals surface area contributed by atoms with Crippen molar-refractivity contribution in [3.63, 3.8) is 0 Å². The molecule has 4 nitrogen and oxygen atoms in total. The standard InChI is InChI=1S/C17H19NO3S/c19-13-12-18(15-10-11-15)22(20,21)17-9-5-4-8-16(17)14-6-2-1-3-7-14/h1-9,15,19H,10-13H2. The number of aliphatic hydroxyl groups is 1. The zero-order valence-corrected chi connectivity index (χ0v) is 13.0. The zero-order valence-electron chi connectivity index (χ0n) is 12.2. The second-order valence-electron chi connectivity index (χ2n) is 5.43. The van der Waals surface area contributed by atoms with Crippen molar-refractivity contribution in [1.82, 2.24) is 4.31 Å². The Bertz CT molecular complexity index is 740. The highest BCUT2D eigenvalue weighted by Crippen LogP contribution is 2.35. The van der Waals surface area contributed by atoms with Crippen molar-refractivity contribution in [2.24, 2.45) is 0 Å². The van der Waals surface area contributed by atoms with Gasteiger partial charge >= 0.3 is 0 Å². The van der Waals surface area contributed by atoms with Gasteiger partial charge in [-0.1, -0.05) is 48.5 Å². The molecule has 0 unspecified atom stereocenters. The first-order valence-electron chi connectivity index (χ1n) is 7.42. The number of sulfonamides is 1. The van der Waals surface area contributed by atoms with E-state index in [-0.39, 0.29) is 19.2 Å². The highest BCUT2D eigenvalue weighted by atomic mass is 32.2. The molecule has 5 heteroatoms. The van der Waals surface area contributed by atoms with Crippen molar-refractivity contribution in [1.29, 1.82) is 0 Å². The lowest BCUT2D eigenvalue weighted by Crippen LogP contribution is -2.35. The van der Waals surface area contributed by atoms with Crippen molar-refractivity contribution >= 4 is 10.0 Å². The Morgan fingerprint density at radius 3 is 2.27 bits per heavy atom. The molecule has 116 valence electrons. The number of rotatable bonds is 6. The summed E-state index contributed by atoms with van der Waals surface area (Å²) in [6.07, 6.45) is 1.74. The van der Waals surface area contributed by atoms with Gasteiger partial charge in [0.15, 0.2) is 0 Å². The zero-order chi connectivity index (χ0) is 15.6. The fourth-order valence-electron chi connectivity index (χ4n) is 2.63. The number of hydrogen-bond acceptors (Lipinski definition) is 3. The van der Waals surface area contributed by atoms with Crippen LogP contribution in [0.5, 0.6) is 0 Å². The van der Waals surface area contributed by atoms with Gasteiger partial charge in [0.05, 0.1) is 11.5 Å². The molecule has 2 aromatic rings. The Hall–Kier alpha value is -1.69. The van der Waals surface area contributed by atoms with Crippen LogP contribution in [0.15, 0.2) is 59.5 Å². The molecule has 0 atom stereocenters. The van der Waals surface area contributed by atoms with E-state index in [1.54, 1.807) is 12.1 Å². The van der Waals surface area contributed by atoms with E-state index in [4.69, 9.17) is 0 Å². The maximum Gasteiger partial charge on any atom is 0.244 e. The minimum absolute atomic E-state index is 0.0287. The van der Waals surface area contributed by atoms with Gasteiger partial charge in [-0.2, -0.15) is 4.31 Å². The normalized spacial score (nSPS) is 15.2. The van der Waals surface area contributed by atoms with Gasteiger partial charge in [-0.15, -0.1) is 0 Å². The molecule has 0 amide bonds.